The molecule has 0 fully saturated rings. The zero-order chi connectivity index (χ0) is 66.3. The number of hydrogen-bond donors (Lipinski definition) is 0. The summed E-state index contributed by atoms with van der Waals surface area (Å²) in [5.74, 6) is 227. The largest absolute Gasteiger partial charge is 0.106 e. The molecule has 0 aromatic rings. The van der Waals surface area contributed by atoms with Gasteiger partial charge in [0, 0.05) is 438 Å². The molecule has 0 bridgehead atoms. The molecule has 0 aliphatic rings. The molecule has 0 rings (SSSR count). The van der Waals surface area contributed by atoms with E-state index in [1.54, 1.807) is 6.92 Å². The van der Waals surface area contributed by atoms with Gasteiger partial charge in [-0.2, -0.15) is 0 Å². The molecule has 0 aliphatic carbocycles. The Balaban J connectivity index is 4.63. The van der Waals surface area contributed by atoms with Gasteiger partial charge in [-0.05, 0) is 102 Å². The zero-order valence-corrected chi connectivity index (χ0v) is 47.1. The maximum atomic E-state index is 4.95. The van der Waals surface area contributed by atoms with Crippen LogP contribution in [0.5, 0.6) is 0 Å². The molecule has 93 heavy (non-hydrogen) atoms. The molecule has 376 valence electrons. The normalized spacial score (nSPS) is 3.96. The highest BCUT2D eigenvalue weighted by Gasteiger charge is 1.66. The minimum Gasteiger partial charge on any atom is -0.106 e. The van der Waals surface area contributed by atoms with E-state index in [0.717, 1.165) is 0 Å². The fraction of sp³-hybridized carbons (Fsp3) is 0.0108. The van der Waals surface area contributed by atoms with Gasteiger partial charge in [-0.15, -0.1) is 6.42 Å². The Hall–Kier alpha value is -20.2. The molecule has 0 amide bonds. The lowest BCUT2D eigenvalue weighted by molar-refractivity contribution is 1.92. The van der Waals surface area contributed by atoms with Gasteiger partial charge in [-0.3, -0.25) is 0 Å². The van der Waals surface area contributed by atoms with E-state index in [1.807, 2.05) is 0 Å². The van der Waals surface area contributed by atoms with E-state index in [4.69, 9.17) is 6.42 Å². The van der Waals surface area contributed by atoms with Crippen LogP contribution in [-0.4, -0.2) is 0 Å². The van der Waals surface area contributed by atoms with Gasteiger partial charge in [0.1, 0.15) is 0 Å². The van der Waals surface area contributed by atoms with Crippen LogP contribution in [0.4, 0.5) is 0 Å². The Morgan fingerprint density at radius 2 is 0.140 bits per heavy atom. The van der Waals surface area contributed by atoms with Crippen LogP contribution in [0, 0.1) is 545 Å². The second-order valence-electron chi connectivity index (χ2n) is 11.5. The summed E-state index contributed by atoms with van der Waals surface area (Å²) in [6, 6.07) is 0. The summed E-state index contributed by atoms with van der Waals surface area (Å²) in [5, 5.41) is 0. The summed E-state index contributed by atoms with van der Waals surface area (Å²) in [6.07, 6.45) is 4.95. The molecule has 0 atom stereocenters. The second kappa shape index (κ2) is 71.8. The van der Waals surface area contributed by atoms with Crippen molar-refractivity contribution < 1.29 is 0 Å². The molecule has 0 N–H and O–H groups in total. The Labute approximate surface area is 548 Å². The van der Waals surface area contributed by atoms with Gasteiger partial charge in [0.2, 0.25) is 0 Å². The van der Waals surface area contributed by atoms with Crippen LogP contribution in [0.1, 0.15) is 6.92 Å². The van der Waals surface area contributed by atoms with Crippen molar-refractivity contribution >= 4 is 0 Å². The smallest absolute Gasteiger partial charge is 0 e. The van der Waals surface area contributed by atoms with Gasteiger partial charge in [-0.25, -0.2) is 0 Å². The van der Waals surface area contributed by atoms with E-state index in [1.165, 1.54) is 0 Å². The van der Waals surface area contributed by atoms with Crippen LogP contribution in [0.2, 0.25) is 0 Å². The minimum atomic E-state index is 1.68. The summed E-state index contributed by atoms with van der Waals surface area (Å²) < 4.78 is 0. The zero-order valence-electron chi connectivity index (χ0n) is 47.1. The quantitative estimate of drug-likeness (QED) is 0.316. The second-order valence-corrected chi connectivity index (χ2v) is 11.5. The predicted octanol–water partition coefficient (Wildman–Crippen LogP) is 0.792. The van der Waals surface area contributed by atoms with Crippen LogP contribution >= 0.6 is 0 Å². The number of rotatable bonds is 0. The minimum absolute atomic E-state index is 1.68. The highest BCUT2D eigenvalue weighted by molar-refractivity contribution is 5.55. The van der Waals surface area contributed by atoms with Crippen molar-refractivity contribution in [2.75, 3.05) is 0 Å². The lowest BCUT2D eigenvalue weighted by Crippen LogP contribution is -1.57. The van der Waals surface area contributed by atoms with Gasteiger partial charge >= 0.3 is 0 Å². The first-order valence-electron chi connectivity index (χ1n) is 23.3. The molecule has 0 heteroatoms. The Morgan fingerprint density at radius 1 is 0.0860 bits per heavy atom. The average molecular weight is 1120 g/mol. The summed E-state index contributed by atoms with van der Waals surface area (Å²) in [7, 11) is 0. The Bertz CT molecular complexity index is 6490. The third-order valence-corrected chi connectivity index (χ3v) is 5.70. The fourth-order valence-corrected chi connectivity index (χ4v) is 2.82. The van der Waals surface area contributed by atoms with E-state index in [0.29, 0.717) is 0 Å². The van der Waals surface area contributed by atoms with Crippen LogP contribution in [0.25, 0.3) is 0 Å². The molecule has 0 spiro atoms. The van der Waals surface area contributed by atoms with Crippen molar-refractivity contribution in [1.29, 1.82) is 0 Å². The molecular formula is C93H4. The highest BCUT2D eigenvalue weighted by atomic mass is 13.7. The molecule has 0 aliphatic heterocycles. The van der Waals surface area contributed by atoms with Crippen molar-refractivity contribution in [2.24, 2.45) is 0 Å². The topological polar surface area (TPSA) is 0 Å². The maximum Gasteiger partial charge on any atom is 0 e. The molecule has 0 saturated heterocycles. The summed E-state index contributed by atoms with van der Waals surface area (Å²) in [5.41, 5.74) is 0. The molecule has 0 unspecified atom stereocenters. The monoisotopic (exact) mass is 1120 g/mol. The summed E-state index contributed by atoms with van der Waals surface area (Å²) in [4.78, 5) is 0. The van der Waals surface area contributed by atoms with Crippen LogP contribution < -0.4 is 0 Å². The van der Waals surface area contributed by atoms with Crippen molar-refractivity contribution in [3.05, 3.63) is 0 Å². The Kier molecular flexibility index (Phi) is 56.1. The molecule has 0 aromatic heterocycles. The first kappa shape index (κ1) is 72.8. The highest BCUT2D eigenvalue weighted by Crippen LogP contribution is 1.66. The first-order valence-corrected chi connectivity index (χ1v) is 23.3. The predicted molar refractivity (Wildman–Crippen MR) is 364 cm³/mol. The van der Waals surface area contributed by atoms with Crippen molar-refractivity contribution in [3.8, 4) is 545 Å². The van der Waals surface area contributed by atoms with Crippen LogP contribution in [0.3, 0.4) is 0 Å². The van der Waals surface area contributed by atoms with E-state index < -0.39 is 0 Å². The van der Waals surface area contributed by atoms with Crippen LogP contribution in [0.15, 0.2) is 0 Å². The van der Waals surface area contributed by atoms with Gasteiger partial charge in [-0.1, -0.05) is 5.92 Å². The molecule has 0 radical (unpaired) electrons. The summed E-state index contributed by atoms with van der Waals surface area (Å²) in [6.45, 7) is 1.68. The number of hydrogen-bond acceptors (Lipinski definition) is 0. The third-order valence-electron chi connectivity index (χ3n) is 5.70. The van der Waals surface area contributed by atoms with E-state index in [9.17, 15) is 0 Å². The lowest BCUT2D eigenvalue weighted by atomic mass is 10.4. The van der Waals surface area contributed by atoms with Gasteiger partial charge in [0.05, 0.1) is 0 Å². The van der Waals surface area contributed by atoms with E-state index in [-0.39, 0.29) is 0 Å². The molecule has 0 heterocycles. The first-order chi connectivity index (χ1) is 46.4. The van der Waals surface area contributed by atoms with E-state index in [2.05, 4.69) is 539 Å². The number of terminal acetylenes is 1. The third kappa shape index (κ3) is 71.8. The molecule has 0 saturated carbocycles. The maximum absolute atomic E-state index is 4.95. The molecule has 0 nitrogen and oxygen atoms in total. The standard InChI is InChI=1S/C93H4/c1-3-5-7-9-11-13-15-17-19-21-23-25-27-29-31-33-35-37-39-41-43-45-47-49-51-53-55-57-59-61-63-65-67-69-71-73-75-77-79-81-83-85-87-89-91-93-92-90-88-86-84-82-80-78-76-74-72-70-68-66-64-62-60-58-56-54-52-50-48-46-44-42-40-38-36-34-32-30-28-26-24-22-20-18-16-14-12-10-8-6-4-2/h1H,2H3. The molecule has 0 aromatic carbocycles. The van der Waals surface area contributed by atoms with Crippen molar-refractivity contribution in [2.45, 2.75) is 6.92 Å². The van der Waals surface area contributed by atoms with Crippen LogP contribution in [-0.2, 0) is 0 Å². The fourth-order valence-electron chi connectivity index (χ4n) is 2.82. The van der Waals surface area contributed by atoms with Gasteiger partial charge < -0.3 is 0 Å². The molecular weight excluding hydrogens is 1120 g/mol. The van der Waals surface area contributed by atoms with E-state index >= 15 is 0 Å². The SMILES string of the molecule is C#CC#CC#CC#CC#CC#CC#CC#CC#CC#CC#CC#CC#CC#CC#CC#CC#CC#CC#CC#CC#CC#CC#CC#CC#CC#CC#CC#CC#CC#CC#CC#CC#CC#CC#CC#CC#CC#CC#CC#CC#CC#CC#CC#CC#CC#CC. The average Bonchev–Trinajstić information content (AvgIpc) is 3.58. The van der Waals surface area contributed by atoms with Gasteiger partial charge in [0.25, 0.3) is 0 Å². The van der Waals surface area contributed by atoms with Crippen molar-refractivity contribution in [3.63, 3.8) is 0 Å². The summed E-state index contributed by atoms with van der Waals surface area (Å²) >= 11 is 0. The Morgan fingerprint density at radius 3 is 0.194 bits per heavy atom. The van der Waals surface area contributed by atoms with Crippen molar-refractivity contribution in [1.82, 2.24) is 0 Å². The van der Waals surface area contributed by atoms with Gasteiger partial charge in [0.15, 0.2) is 0 Å². The lowest BCUT2D eigenvalue weighted by Gasteiger charge is -1.58.